The van der Waals surface area contributed by atoms with Crippen molar-refractivity contribution in [3.05, 3.63) is 12.3 Å². The van der Waals surface area contributed by atoms with Gasteiger partial charge in [-0.3, -0.25) is 9.48 Å². The number of aromatic nitrogens is 2. The molecule has 1 aliphatic rings. The van der Waals surface area contributed by atoms with E-state index in [0.717, 1.165) is 4.90 Å². The number of carbonyl (C=O) groups excluding carboxylic acids is 2. The van der Waals surface area contributed by atoms with Crippen LogP contribution in [0.3, 0.4) is 0 Å². The highest BCUT2D eigenvalue weighted by Gasteiger charge is 2.41. The van der Waals surface area contributed by atoms with Gasteiger partial charge in [0.05, 0.1) is 12.6 Å². The number of anilines is 1. The second-order valence-electron chi connectivity index (χ2n) is 5.30. The zero-order chi connectivity index (χ0) is 14.9. The van der Waals surface area contributed by atoms with Crippen molar-refractivity contribution < 1.29 is 14.3 Å². The quantitative estimate of drug-likeness (QED) is 0.821. The Labute approximate surface area is 117 Å². The zero-order valence-electron chi connectivity index (χ0n) is 12.2. The molecule has 7 heteroatoms. The van der Waals surface area contributed by atoms with E-state index in [1.54, 1.807) is 24.1 Å². The Bertz CT molecular complexity index is 511. The van der Waals surface area contributed by atoms with Gasteiger partial charge >= 0.3 is 6.03 Å². The number of hydrogen-bond donors (Lipinski definition) is 1. The van der Waals surface area contributed by atoms with E-state index in [4.69, 9.17) is 4.74 Å². The summed E-state index contributed by atoms with van der Waals surface area (Å²) in [6, 6.07) is 0.796. The maximum absolute atomic E-state index is 12.2. The summed E-state index contributed by atoms with van der Waals surface area (Å²) in [7, 11) is 1.62. The molecule has 3 amide bonds. The first-order chi connectivity index (χ1) is 9.45. The molecule has 2 atom stereocenters. The average Bonchev–Trinajstić information content (AvgIpc) is 2.95. The molecule has 0 saturated carbocycles. The fourth-order valence-corrected chi connectivity index (χ4v) is 2.18. The lowest BCUT2D eigenvalue weighted by molar-refractivity contribution is -0.119. The van der Waals surface area contributed by atoms with Crippen molar-refractivity contribution in [3.8, 4) is 0 Å². The van der Waals surface area contributed by atoms with E-state index in [9.17, 15) is 9.59 Å². The molecule has 7 nitrogen and oxygen atoms in total. The molecule has 1 unspecified atom stereocenters. The topological polar surface area (TPSA) is 76.5 Å². The van der Waals surface area contributed by atoms with E-state index in [1.165, 1.54) is 0 Å². The van der Waals surface area contributed by atoms with Gasteiger partial charge in [0.2, 0.25) is 0 Å². The third-order valence-electron chi connectivity index (χ3n) is 3.32. The number of ether oxygens (including phenoxy) is 1. The number of methoxy groups -OCH3 is 1. The van der Waals surface area contributed by atoms with Crippen LogP contribution in [0.25, 0.3) is 0 Å². The van der Waals surface area contributed by atoms with Crippen molar-refractivity contribution in [1.29, 1.82) is 0 Å². The van der Waals surface area contributed by atoms with Crippen molar-refractivity contribution in [2.24, 2.45) is 5.92 Å². The van der Waals surface area contributed by atoms with Gasteiger partial charge in [-0.15, -0.1) is 0 Å². The Morgan fingerprint density at radius 3 is 2.65 bits per heavy atom. The van der Waals surface area contributed by atoms with Crippen LogP contribution in [0.15, 0.2) is 12.3 Å². The minimum Gasteiger partial charge on any atom is -0.382 e. The smallest absolute Gasteiger partial charge is 0.330 e. The van der Waals surface area contributed by atoms with Crippen molar-refractivity contribution in [2.75, 3.05) is 18.6 Å². The molecule has 0 bridgehead atoms. The standard InChI is InChI=1S/C13H20N4O3/c1-8(2)11-12(18)17(13(19)14-11)10-5-6-16(15-10)9(3)7-20-4/h5-6,8-9,11H,7H2,1-4H3,(H,14,19)/t9?,11-/m0/s1. The molecule has 0 radical (unpaired) electrons. The summed E-state index contributed by atoms with van der Waals surface area (Å²) in [6.45, 7) is 6.25. The van der Waals surface area contributed by atoms with E-state index in [2.05, 4.69) is 10.4 Å². The van der Waals surface area contributed by atoms with Gasteiger partial charge in [0.15, 0.2) is 5.82 Å². The predicted octanol–water partition coefficient (Wildman–Crippen LogP) is 1.17. The maximum Gasteiger partial charge on any atom is 0.330 e. The number of rotatable bonds is 5. The van der Waals surface area contributed by atoms with Crippen LogP contribution in [0.5, 0.6) is 0 Å². The van der Waals surface area contributed by atoms with E-state index < -0.39 is 12.1 Å². The molecule has 1 aliphatic heterocycles. The fourth-order valence-electron chi connectivity index (χ4n) is 2.18. The van der Waals surface area contributed by atoms with Crippen LogP contribution in [0.2, 0.25) is 0 Å². The SMILES string of the molecule is COCC(C)n1ccc(N2C(=O)N[C@@H](C(C)C)C2=O)n1. The summed E-state index contributed by atoms with van der Waals surface area (Å²) in [4.78, 5) is 25.3. The number of carbonyl (C=O) groups is 2. The van der Waals surface area contributed by atoms with Crippen LogP contribution in [0.1, 0.15) is 26.8 Å². The second kappa shape index (κ2) is 5.62. The molecule has 1 N–H and O–H groups in total. The Morgan fingerprint density at radius 1 is 1.40 bits per heavy atom. The van der Waals surface area contributed by atoms with Crippen LogP contribution in [0.4, 0.5) is 10.6 Å². The van der Waals surface area contributed by atoms with Crippen LogP contribution in [-0.2, 0) is 9.53 Å². The second-order valence-corrected chi connectivity index (χ2v) is 5.30. The Morgan fingerprint density at radius 2 is 2.10 bits per heavy atom. The van der Waals surface area contributed by atoms with E-state index >= 15 is 0 Å². The van der Waals surface area contributed by atoms with Gasteiger partial charge in [-0.1, -0.05) is 13.8 Å². The number of amides is 3. The Kier molecular flexibility index (Phi) is 4.08. The summed E-state index contributed by atoms with van der Waals surface area (Å²) in [5, 5.41) is 6.97. The number of hydrogen-bond acceptors (Lipinski definition) is 4. The molecule has 0 aliphatic carbocycles. The number of imide groups is 1. The molecular weight excluding hydrogens is 260 g/mol. The lowest BCUT2D eigenvalue weighted by Crippen LogP contribution is -2.34. The first-order valence-electron chi connectivity index (χ1n) is 6.64. The molecule has 110 valence electrons. The normalized spacial score (nSPS) is 20.6. The summed E-state index contributed by atoms with van der Waals surface area (Å²) in [5.41, 5.74) is 0. The number of nitrogens with one attached hydrogen (secondary N) is 1. The Hall–Kier alpha value is -1.89. The fraction of sp³-hybridized carbons (Fsp3) is 0.615. The molecule has 2 heterocycles. The first kappa shape index (κ1) is 14.5. The van der Waals surface area contributed by atoms with Gasteiger partial charge in [-0.2, -0.15) is 5.10 Å². The maximum atomic E-state index is 12.2. The largest absolute Gasteiger partial charge is 0.382 e. The summed E-state index contributed by atoms with van der Waals surface area (Å²) in [5.74, 6) is 0.138. The zero-order valence-corrected chi connectivity index (χ0v) is 12.2. The van der Waals surface area contributed by atoms with Gasteiger partial charge in [0.25, 0.3) is 5.91 Å². The van der Waals surface area contributed by atoms with E-state index in [-0.39, 0.29) is 17.9 Å². The minimum absolute atomic E-state index is 0.0374. The first-order valence-corrected chi connectivity index (χ1v) is 6.64. The van der Waals surface area contributed by atoms with Gasteiger partial charge in [-0.25, -0.2) is 9.69 Å². The highest BCUT2D eigenvalue weighted by atomic mass is 16.5. The average molecular weight is 280 g/mol. The number of urea groups is 1. The van der Waals surface area contributed by atoms with Gasteiger partial charge in [0.1, 0.15) is 6.04 Å². The van der Waals surface area contributed by atoms with Crippen molar-refractivity contribution in [2.45, 2.75) is 32.9 Å². The Balaban J connectivity index is 2.20. The highest BCUT2D eigenvalue weighted by molar-refractivity contribution is 6.20. The summed E-state index contributed by atoms with van der Waals surface area (Å²) < 4.78 is 6.75. The molecular formula is C13H20N4O3. The van der Waals surface area contributed by atoms with Crippen LogP contribution < -0.4 is 10.2 Å². The molecule has 2 rings (SSSR count). The van der Waals surface area contributed by atoms with E-state index in [0.29, 0.717) is 12.4 Å². The van der Waals surface area contributed by atoms with Crippen LogP contribution in [0, 0.1) is 5.92 Å². The minimum atomic E-state index is -0.482. The summed E-state index contributed by atoms with van der Waals surface area (Å²) >= 11 is 0. The van der Waals surface area contributed by atoms with Crippen LogP contribution >= 0.6 is 0 Å². The molecule has 1 saturated heterocycles. The molecule has 1 aromatic heterocycles. The summed E-state index contributed by atoms with van der Waals surface area (Å²) in [6.07, 6.45) is 1.74. The van der Waals surface area contributed by atoms with Crippen molar-refractivity contribution >= 4 is 17.8 Å². The molecule has 1 aromatic rings. The monoisotopic (exact) mass is 280 g/mol. The van der Waals surface area contributed by atoms with E-state index in [1.807, 2.05) is 20.8 Å². The molecule has 20 heavy (non-hydrogen) atoms. The van der Waals surface area contributed by atoms with Crippen molar-refractivity contribution in [1.82, 2.24) is 15.1 Å². The lowest BCUT2D eigenvalue weighted by Gasteiger charge is -2.13. The molecule has 0 spiro atoms. The third kappa shape index (κ3) is 2.53. The lowest BCUT2D eigenvalue weighted by atomic mass is 10.1. The third-order valence-corrected chi connectivity index (χ3v) is 3.32. The van der Waals surface area contributed by atoms with Gasteiger partial charge in [0, 0.05) is 19.4 Å². The highest BCUT2D eigenvalue weighted by Crippen LogP contribution is 2.21. The van der Waals surface area contributed by atoms with Gasteiger partial charge in [-0.05, 0) is 12.8 Å². The van der Waals surface area contributed by atoms with Gasteiger partial charge < -0.3 is 10.1 Å². The number of nitrogens with zero attached hydrogens (tertiary/aromatic N) is 3. The predicted molar refractivity (Wildman–Crippen MR) is 73.5 cm³/mol. The van der Waals surface area contributed by atoms with Crippen molar-refractivity contribution in [3.63, 3.8) is 0 Å². The molecule has 0 aromatic carbocycles. The molecule has 1 fully saturated rings. The van der Waals surface area contributed by atoms with Crippen LogP contribution in [-0.4, -0.2) is 41.5 Å².